The third kappa shape index (κ3) is 4.38. The molecule has 0 aromatic carbocycles. The summed E-state index contributed by atoms with van der Waals surface area (Å²) < 4.78 is 0. The van der Waals surface area contributed by atoms with Gasteiger partial charge in [0.15, 0.2) is 0 Å². The molecule has 0 atom stereocenters. The number of hydrogen-bond acceptors (Lipinski definition) is 5. The lowest BCUT2D eigenvalue weighted by atomic mass is 10.2. The Balaban J connectivity index is 1.93. The van der Waals surface area contributed by atoms with Crippen molar-refractivity contribution in [1.82, 2.24) is 9.80 Å². The van der Waals surface area contributed by atoms with Crippen LogP contribution in [0.1, 0.15) is 15.2 Å². The Labute approximate surface area is 126 Å². The van der Waals surface area contributed by atoms with E-state index >= 15 is 0 Å². The van der Waals surface area contributed by atoms with Crippen molar-refractivity contribution >= 4 is 29.3 Å². The van der Waals surface area contributed by atoms with Crippen LogP contribution in [0.15, 0.2) is 17.5 Å². The number of carboxylic acid groups (broad SMARTS) is 1. The van der Waals surface area contributed by atoms with Gasteiger partial charge in [0.2, 0.25) is 0 Å². The molecule has 1 saturated heterocycles. The monoisotopic (exact) mass is 310 g/mol. The van der Waals surface area contributed by atoms with E-state index in [-0.39, 0.29) is 12.5 Å². The molecule has 0 bridgehead atoms. The number of aliphatic carboxylic acids is 1. The number of thiophene rings is 1. The smallest absolute Gasteiger partial charge is 0.328 e. The Bertz CT molecular complexity index is 533. The van der Waals surface area contributed by atoms with Crippen molar-refractivity contribution in [2.75, 3.05) is 39.3 Å². The van der Waals surface area contributed by atoms with Gasteiger partial charge in [-0.05, 0) is 12.1 Å². The normalized spacial score (nSPS) is 16.5. The number of nitrogens with zero attached hydrogens (tertiary/aromatic N) is 2. The molecule has 1 aliphatic heterocycles. The van der Waals surface area contributed by atoms with Crippen molar-refractivity contribution in [1.29, 1.82) is 0 Å². The quantitative estimate of drug-likeness (QED) is 0.778. The van der Waals surface area contributed by atoms with Gasteiger partial charge in [-0.1, -0.05) is 0 Å². The highest BCUT2D eigenvalue weighted by molar-refractivity contribution is 7.11. The van der Waals surface area contributed by atoms with Crippen molar-refractivity contribution in [3.8, 4) is 0 Å². The van der Waals surface area contributed by atoms with Crippen molar-refractivity contribution in [3.63, 3.8) is 0 Å². The lowest BCUT2D eigenvalue weighted by Crippen LogP contribution is -2.49. The van der Waals surface area contributed by atoms with Gasteiger partial charge >= 0.3 is 5.97 Å². The van der Waals surface area contributed by atoms with Gasteiger partial charge in [0.25, 0.3) is 5.91 Å². The maximum Gasteiger partial charge on any atom is 0.328 e. The van der Waals surface area contributed by atoms with Crippen LogP contribution in [0, 0.1) is 0 Å². The molecule has 0 unspecified atom stereocenters. The van der Waals surface area contributed by atoms with Gasteiger partial charge in [0, 0.05) is 49.1 Å². The van der Waals surface area contributed by atoms with Crippen LogP contribution in [0.2, 0.25) is 0 Å². The molecule has 6 nitrogen and oxygen atoms in total. The standard InChI is InChI=1S/C14H18N2O4S/c17-8-7-15-3-5-16(6-4-15)14(20)11-9-12(21-10-11)1-2-13(18)19/h1-2,9-10,17H,3-8H2,(H,18,19). The maximum atomic E-state index is 12.3. The minimum atomic E-state index is -1.00. The molecule has 1 aromatic rings. The van der Waals surface area contributed by atoms with Gasteiger partial charge in [-0.25, -0.2) is 4.79 Å². The molecule has 2 N–H and O–H groups in total. The molecule has 21 heavy (non-hydrogen) atoms. The molecule has 0 aliphatic carbocycles. The maximum absolute atomic E-state index is 12.3. The van der Waals surface area contributed by atoms with E-state index in [1.165, 1.54) is 17.4 Å². The van der Waals surface area contributed by atoms with Crippen LogP contribution in [0.25, 0.3) is 6.08 Å². The summed E-state index contributed by atoms with van der Waals surface area (Å²) in [5.74, 6) is -1.03. The predicted octanol–water partition coefficient (Wildman–Crippen LogP) is 0.596. The van der Waals surface area contributed by atoms with Gasteiger partial charge in [0.05, 0.1) is 12.2 Å². The summed E-state index contributed by atoms with van der Waals surface area (Å²) in [4.78, 5) is 27.5. The van der Waals surface area contributed by atoms with Gasteiger partial charge in [-0.2, -0.15) is 0 Å². The fourth-order valence-electron chi connectivity index (χ4n) is 2.20. The third-order valence-electron chi connectivity index (χ3n) is 3.33. The predicted molar refractivity (Wildman–Crippen MR) is 80.4 cm³/mol. The fraction of sp³-hybridized carbons (Fsp3) is 0.429. The average molecular weight is 310 g/mol. The van der Waals surface area contributed by atoms with Crippen LogP contribution in [-0.2, 0) is 4.79 Å². The van der Waals surface area contributed by atoms with Crippen LogP contribution < -0.4 is 0 Å². The highest BCUT2D eigenvalue weighted by Gasteiger charge is 2.22. The Kier molecular flexibility index (Phi) is 5.49. The zero-order chi connectivity index (χ0) is 15.2. The summed E-state index contributed by atoms with van der Waals surface area (Å²) in [5.41, 5.74) is 0.598. The van der Waals surface area contributed by atoms with E-state index in [1.54, 1.807) is 16.3 Å². The largest absolute Gasteiger partial charge is 0.478 e. The molecule has 1 amide bonds. The zero-order valence-electron chi connectivity index (χ0n) is 11.6. The van der Waals surface area contributed by atoms with Crippen molar-refractivity contribution in [3.05, 3.63) is 28.0 Å². The molecule has 1 aromatic heterocycles. The summed E-state index contributed by atoms with van der Waals surface area (Å²) in [6, 6.07) is 1.71. The van der Waals surface area contributed by atoms with E-state index in [1.807, 2.05) is 0 Å². The van der Waals surface area contributed by atoms with Crippen molar-refractivity contribution in [2.45, 2.75) is 0 Å². The molecule has 1 fully saturated rings. The number of β-amino-alcohol motifs (C(OH)–C–C–N with tert-alkyl or cyclic N) is 1. The van der Waals surface area contributed by atoms with Crippen LogP contribution in [0.3, 0.4) is 0 Å². The number of aliphatic hydroxyl groups excluding tert-OH is 1. The first-order chi connectivity index (χ1) is 10.1. The fourth-order valence-corrected chi connectivity index (χ4v) is 2.98. The van der Waals surface area contributed by atoms with Gasteiger partial charge < -0.3 is 15.1 Å². The van der Waals surface area contributed by atoms with E-state index < -0.39 is 5.97 Å². The summed E-state index contributed by atoms with van der Waals surface area (Å²) >= 11 is 1.35. The number of rotatable bonds is 5. The highest BCUT2D eigenvalue weighted by atomic mass is 32.1. The molecule has 2 rings (SSSR count). The molecular formula is C14H18N2O4S. The van der Waals surface area contributed by atoms with Crippen LogP contribution in [0.5, 0.6) is 0 Å². The first-order valence-corrected chi connectivity index (χ1v) is 7.60. The number of aliphatic hydroxyl groups is 1. The number of carboxylic acids is 1. The third-order valence-corrected chi connectivity index (χ3v) is 4.23. The Morgan fingerprint density at radius 2 is 2.00 bits per heavy atom. The topological polar surface area (TPSA) is 81.1 Å². The SMILES string of the molecule is O=C(O)C=Cc1cc(C(=O)N2CCN(CCO)CC2)cs1. The summed E-state index contributed by atoms with van der Waals surface area (Å²) in [5, 5.41) is 19.2. The Morgan fingerprint density at radius 1 is 1.29 bits per heavy atom. The summed E-state index contributed by atoms with van der Waals surface area (Å²) in [7, 11) is 0. The van der Waals surface area contributed by atoms with E-state index in [4.69, 9.17) is 10.2 Å². The van der Waals surface area contributed by atoms with Crippen molar-refractivity contribution < 1.29 is 19.8 Å². The molecule has 0 spiro atoms. The molecule has 7 heteroatoms. The summed E-state index contributed by atoms with van der Waals surface area (Å²) in [6.45, 7) is 3.61. The highest BCUT2D eigenvalue weighted by Crippen LogP contribution is 2.18. The molecule has 1 aliphatic rings. The molecule has 0 saturated carbocycles. The average Bonchev–Trinajstić information content (AvgIpc) is 2.94. The number of carbonyl (C=O) groups excluding carboxylic acids is 1. The Hall–Kier alpha value is -1.70. The van der Waals surface area contributed by atoms with E-state index in [0.29, 0.717) is 25.2 Å². The van der Waals surface area contributed by atoms with Crippen LogP contribution >= 0.6 is 11.3 Å². The number of piperazine rings is 1. The number of amides is 1. The van der Waals surface area contributed by atoms with Crippen LogP contribution in [0.4, 0.5) is 0 Å². The lowest BCUT2D eigenvalue weighted by molar-refractivity contribution is -0.131. The Morgan fingerprint density at radius 3 is 2.62 bits per heavy atom. The van der Waals surface area contributed by atoms with E-state index in [9.17, 15) is 9.59 Å². The van der Waals surface area contributed by atoms with E-state index in [0.717, 1.165) is 24.0 Å². The first kappa shape index (κ1) is 15.7. The van der Waals surface area contributed by atoms with Crippen molar-refractivity contribution in [2.24, 2.45) is 0 Å². The molecular weight excluding hydrogens is 292 g/mol. The van der Waals surface area contributed by atoms with E-state index in [2.05, 4.69) is 4.90 Å². The molecule has 2 heterocycles. The minimum absolute atomic E-state index is 0.0233. The van der Waals surface area contributed by atoms with Crippen LogP contribution in [-0.4, -0.2) is 71.2 Å². The zero-order valence-corrected chi connectivity index (χ0v) is 12.4. The van der Waals surface area contributed by atoms with Gasteiger partial charge in [-0.15, -0.1) is 11.3 Å². The minimum Gasteiger partial charge on any atom is -0.478 e. The summed E-state index contributed by atoms with van der Waals surface area (Å²) in [6.07, 6.45) is 2.55. The second-order valence-corrected chi connectivity index (χ2v) is 5.71. The molecule has 0 radical (unpaired) electrons. The van der Waals surface area contributed by atoms with Gasteiger partial charge in [-0.3, -0.25) is 9.69 Å². The van der Waals surface area contributed by atoms with Gasteiger partial charge in [0.1, 0.15) is 0 Å². The second-order valence-electron chi connectivity index (χ2n) is 4.77. The second kappa shape index (κ2) is 7.35. The first-order valence-electron chi connectivity index (χ1n) is 6.72. The number of hydrogen-bond donors (Lipinski definition) is 2. The molecule has 114 valence electrons. The lowest BCUT2D eigenvalue weighted by Gasteiger charge is -2.34. The number of carbonyl (C=O) groups is 2.